The number of hydrogen-bond acceptors (Lipinski definition) is 1. The quantitative estimate of drug-likeness (QED) is 0.673. The molecule has 1 rings (SSSR count). The van der Waals surface area contributed by atoms with Crippen LogP contribution in [0.3, 0.4) is 0 Å². The van der Waals surface area contributed by atoms with Crippen LogP contribution in [-0.4, -0.2) is 0 Å². The SMILES string of the molecule is N#C/C=C\c1ccc(Cl)c(C(F)(F)F)c1. The van der Waals surface area contributed by atoms with Crippen LogP contribution in [0.4, 0.5) is 13.2 Å². The summed E-state index contributed by atoms with van der Waals surface area (Å²) in [5, 5.41) is 7.88. The molecular formula is C10H5ClF3N. The topological polar surface area (TPSA) is 23.8 Å². The number of benzene rings is 1. The van der Waals surface area contributed by atoms with Gasteiger partial charge in [-0.25, -0.2) is 0 Å². The van der Waals surface area contributed by atoms with Crippen LogP contribution in [0.2, 0.25) is 5.02 Å². The molecule has 0 radical (unpaired) electrons. The number of halogens is 4. The number of allylic oxidation sites excluding steroid dienone is 1. The van der Waals surface area contributed by atoms with Crippen LogP contribution < -0.4 is 0 Å². The van der Waals surface area contributed by atoms with E-state index in [1.165, 1.54) is 12.1 Å². The van der Waals surface area contributed by atoms with E-state index in [2.05, 4.69) is 0 Å². The molecule has 0 bridgehead atoms. The second-order valence-corrected chi connectivity index (χ2v) is 3.11. The Balaban J connectivity index is 3.18. The van der Waals surface area contributed by atoms with Crippen molar-refractivity contribution in [3.63, 3.8) is 0 Å². The summed E-state index contributed by atoms with van der Waals surface area (Å²) in [6.07, 6.45) is -2.09. The van der Waals surface area contributed by atoms with Gasteiger partial charge in [0.1, 0.15) is 0 Å². The molecule has 1 nitrogen and oxygen atoms in total. The van der Waals surface area contributed by atoms with E-state index in [0.717, 1.165) is 18.2 Å². The van der Waals surface area contributed by atoms with Crippen LogP contribution in [0.25, 0.3) is 6.08 Å². The standard InChI is InChI=1S/C10H5ClF3N/c11-9-4-3-7(2-1-5-15)6-8(9)10(12,13)14/h1-4,6H/b2-1-. The molecule has 0 saturated heterocycles. The van der Waals surface area contributed by atoms with Crippen LogP contribution in [0.15, 0.2) is 24.3 Å². The first-order valence-electron chi connectivity index (χ1n) is 3.88. The number of alkyl halides is 3. The molecule has 0 spiro atoms. The smallest absolute Gasteiger partial charge is 0.193 e. The van der Waals surface area contributed by atoms with Crippen molar-refractivity contribution in [3.05, 3.63) is 40.4 Å². The van der Waals surface area contributed by atoms with Crippen molar-refractivity contribution < 1.29 is 13.2 Å². The molecule has 1 aromatic rings. The van der Waals surface area contributed by atoms with Crippen molar-refractivity contribution in [3.8, 4) is 6.07 Å². The third kappa shape index (κ3) is 3.00. The van der Waals surface area contributed by atoms with Gasteiger partial charge in [0.2, 0.25) is 0 Å². The first kappa shape index (κ1) is 11.6. The van der Waals surface area contributed by atoms with Crippen LogP contribution in [0.5, 0.6) is 0 Å². The molecule has 0 aromatic heterocycles. The Labute approximate surface area is 89.4 Å². The van der Waals surface area contributed by atoms with Gasteiger partial charge < -0.3 is 0 Å². The Morgan fingerprint density at radius 3 is 2.53 bits per heavy atom. The summed E-state index contributed by atoms with van der Waals surface area (Å²) in [7, 11) is 0. The maximum absolute atomic E-state index is 12.4. The van der Waals surface area contributed by atoms with Crippen molar-refractivity contribution in [2.75, 3.05) is 0 Å². The van der Waals surface area contributed by atoms with Gasteiger partial charge in [-0.1, -0.05) is 17.7 Å². The van der Waals surface area contributed by atoms with Gasteiger partial charge in [0.05, 0.1) is 16.7 Å². The lowest BCUT2D eigenvalue weighted by molar-refractivity contribution is -0.137. The molecule has 1 aromatic carbocycles. The van der Waals surface area contributed by atoms with Crippen molar-refractivity contribution in [1.82, 2.24) is 0 Å². The van der Waals surface area contributed by atoms with Gasteiger partial charge >= 0.3 is 6.18 Å². The molecule has 0 aliphatic carbocycles. The van der Waals surface area contributed by atoms with Gasteiger partial charge in [-0.05, 0) is 23.8 Å². The molecule has 78 valence electrons. The van der Waals surface area contributed by atoms with E-state index in [1.807, 2.05) is 0 Å². The third-order valence-corrected chi connectivity index (χ3v) is 1.98. The zero-order valence-electron chi connectivity index (χ0n) is 7.35. The number of rotatable bonds is 1. The van der Waals surface area contributed by atoms with Crippen molar-refractivity contribution >= 4 is 17.7 Å². The summed E-state index contributed by atoms with van der Waals surface area (Å²) in [5.41, 5.74) is -0.613. The van der Waals surface area contributed by atoms with Crippen molar-refractivity contribution in [2.45, 2.75) is 6.18 Å². The van der Waals surface area contributed by atoms with Crippen LogP contribution in [0.1, 0.15) is 11.1 Å². The van der Waals surface area contributed by atoms with Gasteiger partial charge in [0, 0.05) is 6.08 Å². The zero-order valence-corrected chi connectivity index (χ0v) is 8.10. The monoisotopic (exact) mass is 231 g/mol. The lowest BCUT2D eigenvalue weighted by Gasteiger charge is -2.09. The normalized spacial score (nSPS) is 11.7. The van der Waals surface area contributed by atoms with E-state index < -0.39 is 11.7 Å². The molecule has 0 fully saturated rings. The summed E-state index contributed by atoms with van der Waals surface area (Å²) in [6.45, 7) is 0. The minimum Gasteiger partial charge on any atom is -0.193 e. The summed E-state index contributed by atoms with van der Waals surface area (Å²) in [5.74, 6) is 0. The first-order chi connectivity index (χ1) is 6.95. The first-order valence-corrected chi connectivity index (χ1v) is 4.26. The van der Waals surface area contributed by atoms with Gasteiger partial charge in [-0.3, -0.25) is 0 Å². The van der Waals surface area contributed by atoms with Gasteiger partial charge in [0.25, 0.3) is 0 Å². The van der Waals surface area contributed by atoms with Gasteiger partial charge in [-0.15, -0.1) is 0 Å². The van der Waals surface area contributed by atoms with Gasteiger partial charge in [-0.2, -0.15) is 18.4 Å². The van der Waals surface area contributed by atoms with E-state index in [4.69, 9.17) is 16.9 Å². The Kier molecular flexibility index (Phi) is 3.38. The van der Waals surface area contributed by atoms with E-state index in [1.54, 1.807) is 6.07 Å². The summed E-state index contributed by atoms with van der Waals surface area (Å²) < 4.78 is 37.1. The molecule has 15 heavy (non-hydrogen) atoms. The third-order valence-electron chi connectivity index (χ3n) is 1.65. The Bertz CT molecular complexity index is 429. The minimum absolute atomic E-state index is 0.285. The second-order valence-electron chi connectivity index (χ2n) is 2.70. The lowest BCUT2D eigenvalue weighted by Crippen LogP contribution is -2.05. The average Bonchev–Trinajstić information content (AvgIpc) is 2.15. The highest BCUT2D eigenvalue weighted by Crippen LogP contribution is 2.35. The number of hydrogen-bond donors (Lipinski definition) is 0. The van der Waals surface area contributed by atoms with Crippen molar-refractivity contribution in [1.29, 1.82) is 5.26 Å². The van der Waals surface area contributed by atoms with Gasteiger partial charge in [0.15, 0.2) is 0 Å². The minimum atomic E-state index is -4.48. The predicted molar refractivity (Wildman–Crippen MR) is 51.1 cm³/mol. The Morgan fingerprint density at radius 1 is 1.33 bits per heavy atom. The average molecular weight is 232 g/mol. The van der Waals surface area contributed by atoms with Crippen molar-refractivity contribution in [2.24, 2.45) is 0 Å². The predicted octanol–water partition coefficient (Wildman–Crippen LogP) is 3.90. The maximum atomic E-state index is 12.4. The number of nitriles is 1. The highest BCUT2D eigenvalue weighted by atomic mass is 35.5. The maximum Gasteiger partial charge on any atom is 0.417 e. The fourth-order valence-corrected chi connectivity index (χ4v) is 1.22. The van der Waals surface area contributed by atoms with E-state index >= 15 is 0 Å². The lowest BCUT2D eigenvalue weighted by atomic mass is 10.1. The number of nitrogens with zero attached hydrogens (tertiary/aromatic N) is 1. The highest BCUT2D eigenvalue weighted by Gasteiger charge is 2.33. The molecule has 0 atom stereocenters. The molecule has 0 amide bonds. The van der Waals surface area contributed by atoms with E-state index in [9.17, 15) is 13.2 Å². The van der Waals surface area contributed by atoms with Crippen LogP contribution in [-0.2, 0) is 6.18 Å². The van der Waals surface area contributed by atoms with E-state index in [-0.39, 0.29) is 10.6 Å². The second kappa shape index (κ2) is 4.37. The molecule has 5 heteroatoms. The fourth-order valence-electron chi connectivity index (χ4n) is 0.997. The summed E-state index contributed by atoms with van der Waals surface area (Å²) in [4.78, 5) is 0. The molecule has 0 heterocycles. The van der Waals surface area contributed by atoms with E-state index in [0.29, 0.717) is 0 Å². The largest absolute Gasteiger partial charge is 0.417 e. The highest BCUT2D eigenvalue weighted by molar-refractivity contribution is 6.31. The fraction of sp³-hybridized carbons (Fsp3) is 0.100. The summed E-state index contributed by atoms with van der Waals surface area (Å²) >= 11 is 5.41. The molecule has 0 unspecified atom stereocenters. The zero-order chi connectivity index (χ0) is 11.5. The van der Waals surface area contributed by atoms with Crippen LogP contribution >= 0.6 is 11.6 Å². The molecule has 0 N–H and O–H groups in total. The summed E-state index contributed by atoms with van der Waals surface area (Å²) in [6, 6.07) is 5.16. The Hall–Kier alpha value is -1.47. The Morgan fingerprint density at radius 2 is 2.00 bits per heavy atom. The molecule has 0 saturated carbocycles. The van der Waals surface area contributed by atoms with Crippen LogP contribution in [0, 0.1) is 11.3 Å². The molecule has 0 aliphatic rings. The molecule has 0 aliphatic heterocycles. The molecular weight excluding hydrogens is 227 g/mol.